The standard InChI is InChI=1S/C25H27S.C2H6.CHO2.Y/c1-17-12-13-22(14-18(17)2)20(4)25(5,6)16-24-19(3)15-23(26-24)21-10-8-7-9-11-21;1-2;2-1-3;/h7-15H,1,4,16H2,2-3,5-6H3;1-2H3;(H,2,3);/q-1;;-1;. The first-order valence-corrected chi connectivity index (χ1v) is 11.3. The molecule has 3 aromatic rings. The van der Waals surface area contributed by atoms with Crippen molar-refractivity contribution in [1.82, 2.24) is 0 Å². The van der Waals surface area contributed by atoms with E-state index in [1.165, 1.54) is 37.6 Å². The molecule has 4 heteroatoms. The van der Waals surface area contributed by atoms with Crippen molar-refractivity contribution in [2.75, 3.05) is 0 Å². The zero-order valence-electron chi connectivity index (χ0n) is 20.2. The molecule has 0 saturated carbocycles. The van der Waals surface area contributed by atoms with Gasteiger partial charge in [-0.05, 0) is 47.1 Å². The Balaban J connectivity index is 0.00000148. The number of rotatable bonds is 5. The van der Waals surface area contributed by atoms with Crippen LogP contribution in [0.3, 0.4) is 0 Å². The van der Waals surface area contributed by atoms with Gasteiger partial charge in [-0.3, -0.25) is 0 Å². The Morgan fingerprint density at radius 2 is 1.62 bits per heavy atom. The Kier molecular flexibility index (Phi) is 13.7. The van der Waals surface area contributed by atoms with E-state index in [1.54, 1.807) is 0 Å². The van der Waals surface area contributed by atoms with E-state index in [-0.39, 0.29) is 38.1 Å². The summed E-state index contributed by atoms with van der Waals surface area (Å²) in [7, 11) is 0. The number of hydrogen-bond acceptors (Lipinski definition) is 2. The summed E-state index contributed by atoms with van der Waals surface area (Å²) >= 11 is 1.91. The molecule has 0 fully saturated rings. The number of allylic oxidation sites excluding steroid dienone is 1. The van der Waals surface area contributed by atoms with Crippen LogP contribution in [0.2, 0.25) is 0 Å². The Bertz CT molecular complexity index is 988. The number of hydrogen-bond donors (Lipinski definition) is 1. The SMILES string of the molecule is C=C(c1ccc([CH2-])c(C)c1)C(C)(C)Cc1sc(-c2ccccc2)cc1C.CC.O=[C-]O.[Y]. The molecule has 0 aliphatic carbocycles. The van der Waals surface area contributed by atoms with Crippen LogP contribution >= 0.6 is 11.3 Å². The summed E-state index contributed by atoms with van der Waals surface area (Å²) in [5, 5.41) is 6.76. The number of benzene rings is 2. The van der Waals surface area contributed by atoms with Crippen molar-refractivity contribution >= 4 is 23.4 Å². The minimum Gasteiger partial charge on any atom is -0.665 e. The van der Waals surface area contributed by atoms with E-state index in [2.05, 4.69) is 95.8 Å². The maximum absolute atomic E-state index is 8.24. The second-order valence-electron chi connectivity index (χ2n) is 7.85. The summed E-state index contributed by atoms with van der Waals surface area (Å²) in [6.07, 6.45) is 1.00. The molecular weight excluding hydrogens is 489 g/mol. The van der Waals surface area contributed by atoms with Crippen molar-refractivity contribution in [3.05, 3.63) is 95.2 Å². The molecule has 0 amide bonds. The van der Waals surface area contributed by atoms with E-state index in [1.807, 2.05) is 25.2 Å². The molecule has 0 aliphatic heterocycles. The molecule has 169 valence electrons. The van der Waals surface area contributed by atoms with Gasteiger partial charge in [-0.2, -0.15) is 24.1 Å². The minimum absolute atomic E-state index is 0. The monoisotopic (exact) mass is 523 g/mol. The zero-order chi connectivity index (χ0) is 23.6. The van der Waals surface area contributed by atoms with E-state index in [0.29, 0.717) is 6.47 Å². The van der Waals surface area contributed by atoms with Crippen LogP contribution in [0.5, 0.6) is 0 Å². The second kappa shape index (κ2) is 14.5. The third-order valence-corrected chi connectivity index (χ3v) is 6.48. The van der Waals surface area contributed by atoms with E-state index in [4.69, 9.17) is 9.90 Å². The minimum atomic E-state index is -0.00129. The maximum atomic E-state index is 8.24. The van der Waals surface area contributed by atoms with E-state index in [0.717, 1.165) is 12.0 Å². The summed E-state index contributed by atoms with van der Waals surface area (Å²) in [6, 6.07) is 19.4. The molecule has 0 spiro atoms. The van der Waals surface area contributed by atoms with Gasteiger partial charge in [-0.15, -0.1) is 23.5 Å². The maximum Gasteiger partial charge on any atom is 0.0348 e. The molecule has 32 heavy (non-hydrogen) atoms. The normalized spacial score (nSPS) is 9.94. The van der Waals surface area contributed by atoms with Crippen molar-refractivity contribution in [2.45, 2.75) is 48.0 Å². The zero-order valence-corrected chi connectivity index (χ0v) is 23.8. The molecule has 1 radical (unpaired) electrons. The van der Waals surface area contributed by atoms with Crippen LogP contribution in [0.4, 0.5) is 0 Å². The molecule has 0 atom stereocenters. The van der Waals surface area contributed by atoms with Crippen molar-refractivity contribution in [1.29, 1.82) is 0 Å². The van der Waals surface area contributed by atoms with Crippen LogP contribution in [0.15, 0.2) is 61.2 Å². The van der Waals surface area contributed by atoms with Crippen molar-refractivity contribution in [3.8, 4) is 10.4 Å². The third kappa shape index (κ3) is 8.35. The largest absolute Gasteiger partial charge is 0.665 e. The van der Waals surface area contributed by atoms with Gasteiger partial charge in [-0.25, -0.2) is 0 Å². The number of aryl methyl sites for hydroxylation is 2. The van der Waals surface area contributed by atoms with Crippen molar-refractivity contribution in [2.24, 2.45) is 5.41 Å². The average Bonchev–Trinajstić information content (AvgIpc) is 3.12. The first-order chi connectivity index (χ1) is 14.7. The molecule has 1 heterocycles. The first kappa shape index (κ1) is 30.3. The van der Waals surface area contributed by atoms with Crippen molar-refractivity contribution < 1.29 is 42.6 Å². The predicted octanol–water partition coefficient (Wildman–Crippen LogP) is 8.13. The van der Waals surface area contributed by atoms with Crippen LogP contribution < -0.4 is 0 Å². The third-order valence-electron chi connectivity index (χ3n) is 5.19. The molecule has 1 N–H and O–H groups in total. The van der Waals surface area contributed by atoms with Gasteiger partial charge in [0.15, 0.2) is 0 Å². The van der Waals surface area contributed by atoms with Crippen LogP contribution in [-0.4, -0.2) is 11.6 Å². The summed E-state index contributed by atoms with van der Waals surface area (Å²) in [5.41, 5.74) is 7.38. The molecular formula is C28H34O2SY-2. The quantitative estimate of drug-likeness (QED) is 0.343. The van der Waals surface area contributed by atoms with Crippen LogP contribution in [0.25, 0.3) is 16.0 Å². The van der Waals surface area contributed by atoms with Gasteiger partial charge in [0, 0.05) is 42.5 Å². The number of thiophene rings is 1. The van der Waals surface area contributed by atoms with Gasteiger partial charge < -0.3 is 9.90 Å². The summed E-state index contributed by atoms with van der Waals surface area (Å²) in [4.78, 5) is 11.0. The van der Waals surface area contributed by atoms with Gasteiger partial charge in [0.25, 0.3) is 0 Å². The topological polar surface area (TPSA) is 37.3 Å². The smallest absolute Gasteiger partial charge is 0.0348 e. The Morgan fingerprint density at radius 3 is 2.16 bits per heavy atom. The van der Waals surface area contributed by atoms with Crippen LogP contribution in [0, 0.1) is 26.2 Å². The summed E-state index contributed by atoms with van der Waals surface area (Å²) < 4.78 is 0. The number of aliphatic hydroxyl groups excluding tert-OH is 1. The van der Waals surface area contributed by atoms with Gasteiger partial charge in [0.05, 0.1) is 0 Å². The predicted molar refractivity (Wildman–Crippen MR) is 136 cm³/mol. The fraction of sp³-hybridized carbons (Fsp3) is 0.286. The Morgan fingerprint density at radius 1 is 1.06 bits per heavy atom. The van der Waals surface area contributed by atoms with Crippen LogP contribution in [0.1, 0.15) is 54.8 Å². The Hall–Kier alpha value is -1.68. The molecule has 1 aromatic heterocycles. The molecule has 0 aliphatic rings. The van der Waals surface area contributed by atoms with Crippen molar-refractivity contribution in [3.63, 3.8) is 0 Å². The van der Waals surface area contributed by atoms with E-state index < -0.39 is 0 Å². The molecule has 2 aromatic carbocycles. The first-order valence-electron chi connectivity index (χ1n) is 10.5. The van der Waals surface area contributed by atoms with Gasteiger partial charge in [-0.1, -0.05) is 78.0 Å². The van der Waals surface area contributed by atoms with Crippen LogP contribution in [-0.2, 0) is 43.9 Å². The Labute approximate surface area is 223 Å². The second-order valence-corrected chi connectivity index (χ2v) is 8.99. The van der Waals surface area contributed by atoms with Gasteiger partial charge in [0.1, 0.15) is 0 Å². The van der Waals surface area contributed by atoms with E-state index >= 15 is 0 Å². The summed E-state index contributed by atoms with van der Waals surface area (Å²) in [6.45, 7) is 21.9. The molecule has 2 nitrogen and oxygen atoms in total. The van der Waals surface area contributed by atoms with Gasteiger partial charge in [0.2, 0.25) is 0 Å². The fourth-order valence-corrected chi connectivity index (χ4v) is 4.63. The van der Waals surface area contributed by atoms with Gasteiger partial charge >= 0.3 is 0 Å². The summed E-state index contributed by atoms with van der Waals surface area (Å²) in [5.74, 6) is 0. The molecule has 0 saturated heterocycles. The molecule has 0 bridgehead atoms. The average molecular weight is 524 g/mol. The fourth-order valence-electron chi connectivity index (χ4n) is 3.22. The molecule has 3 rings (SSSR count). The van der Waals surface area contributed by atoms with E-state index in [9.17, 15) is 0 Å². The molecule has 0 unspecified atom stereocenters.